The van der Waals surface area contributed by atoms with Crippen LogP contribution in [0.1, 0.15) is 5.56 Å². The lowest BCUT2D eigenvalue weighted by molar-refractivity contribution is 0.447. The maximum absolute atomic E-state index is 13.3. The lowest BCUT2D eigenvalue weighted by atomic mass is 10.2. The van der Waals surface area contributed by atoms with Crippen molar-refractivity contribution in [2.45, 2.75) is 6.54 Å². The number of benzene rings is 2. The monoisotopic (exact) mass is 273 g/mol. The summed E-state index contributed by atoms with van der Waals surface area (Å²) in [6, 6.07) is 4.73. The van der Waals surface area contributed by atoms with Crippen molar-refractivity contribution in [3.63, 3.8) is 0 Å². The number of halogens is 5. The van der Waals surface area contributed by atoms with Crippen LogP contribution in [0.2, 0.25) is 0 Å². The highest BCUT2D eigenvalue weighted by atomic mass is 19.2. The van der Waals surface area contributed by atoms with E-state index in [0.29, 0.717) is 12.1 Å². The molecule has 0 bridgehead atoms. The molecule has 0 radical (unpaired) electrons. The van der Waals surface area contributed by atoms with E-state index in [2.05, 4.69) is 5.32 Å². The number of anilines is 1. The Morgan fingerprint density at radius 1 is 0.789 bits per heavy atom. The van der Waals surface area contributed by atoms with E-state index >= 15 is 0 Å². The molecule has 1 N–H and O–H groups in total. The van der Waals surface area contributed by atoms with Gasteiger partial charge in [0, 0.05) is 29.9 Å². The smallest absolute Gasteiger partial charge is 0.194 e. The van der Waals surface area contributed by atoms with E-state index in [1.165, 1.54) is 6.07 Å². The first kappa shape index (κ1) is 13.3. The third-order valence-corrected chi connectivity index (χ3v) is 2.51. The van der Waals surface area contributed by atoms with E-state index < -0.39 is 29.1 Å². The molecule has 0 fully saturated rings. The van der Waals surface area contributed by atoms with Gasteiger partial charge in [0.15, 0.2) is 17.5 Å². The van der Waals surface area contributed by atoms with Crippen molar-refractivity contribution < 1.29 is 22.0 Å². The maximum atomic E-state index is 13.3. The zero-order valence-corrected chi connectivity index (χ0v) is 9.48. The Balaban J connectivity index is 2.19. The summed E-state index contributed by atoms with van der Waals surface area (Å²) < 4.78 is 65.1. The largest absolute Gasteiger partial charge is 0.381 e. The summed E-state index contributed by atoms with van der Waals surface area (Å²) in [5.41, 5.74) is -0.383. The van der Waals surface area contributed by atoms with Crippen LogP contribution in [0.5, 0.6) is 0 Å². The zero-order chi connectivity index (χ0) is 14.0. The van der Waals surface area contributed by atoms with E-state index in [1.807, 2.05) is 0 Å². The molecule has 2 aromatic rings. The molecule has 6 heteroatoms. The molecule has 0 spiro atoms. The average molecular weight is 273 g/mol. The molecule has 2 aromatic carbocycles. The van der Waals surface area contributed by atoms with Crippen LogP contribution in [0.4, 0.5) is 27.6 Å². The summed E-state index contributed by atoms with van der Waals surface area (Å²) in [5.74, 6) is -5.92. The van der Waals surface area contributed by atoms with E-state index in [4.69, 9.17) is 0 Å². The molecule has 0 heterocycles. The number of nitrogens with one attached hydrogen (secondary N) is 1. The van der Waals surface area contributed by atoms with Gasteiger partial charge in [-0.25, -0.2) is 22.0 Å². The Morgan fingerprint density at radius 2 is 1.32 bits per heavy atom. The van der Waals surface area contributed by atoms with Gasteiger partial charge >= 0.3 is 0 Å². The van der Waals surface area contributed by atoms with E-state index in [-0.39, 0.29) is 17.8 Å². The topological polar surface area (TPSA) is 12.0 Å². The van der Waals surface area contributed by atoms with Crippen LogP contribution in [0.25, 0.3) is 0 Å². The molecule has 0 amide bonds. The molecule has 0 aliphatic rings. The summed E-state index contributed by atoms with van der Waals surface area (Å²) in [5, 5.41) is 2.42. The van der Waals surface area contributed by atoms with Gasteiger partial charge in [0.2, 0.25) is 0 Å². The lowest BCUT2D eigenvalue weighted by Crippen LogP contribution is -2.05. The predicted octanol–water partition coefficient (Wildman–Crippen LogP) is 3.99. The first-order valence-corrected chi connectivity index (χ1v) is 5.30. The maximum Gasteiger partial charge on any atom is 0.194 e. The third kappa shape index (κ3) is 2.83. The van der Waals surface area contributed by atoms with Gasteiger partial charge in [-0.3, -0.25) is 0 Å². The van der Waals surface area contributed by atoms with Crippen LogP contribution >= 0.6 is 0 Å². The minimum Gasteiger partial charge on any atom is -0.381 e. The molecule has 0 saturated carbocycles. The first-order valence-electron chi connectivity index (χ1n) is 5.30. The Bertz CT molecular complexity index is 569. The van der Waals surface area contributed by atoms with E-state index in [1.54, 1.807) is 0 Å². The molecule has 19 heavy (non-hydrogen) atoms. The van der Waals surface area contributed by atoms with E-state index in [9.17, 15) is 22.0 Å². The van der Waals surface area contributed by atoms with Crippen LogP contribution in [0.3, 0.4) is 0 Å². The van der Waals surface area contributed by atoms with Gasteiger partial charge in [-0.15, -0.1) is 0 Å². The number of hydrogen-bond acceptors (Lipinski definition) is 1. The summed E-state index contributed by atoms with van der Waals surface area (Å²) in [7, 11) is 0. The zero-order valence-electron chi connectivity index (χ0n) is 9.48. The van der Waals surface area contributed by atoms with Crippen LogP contribution in [0.15, 0.2) is 30.3 Å². The van der Waals surface area contributed by atoms with Gasteiger partial charge in [0.05, 0.1) is 0 Å². The third-order valence-electron chi connectivity index (χ3n) is 2.51. The molecular formula is C13H8F5N. The molecule has 1 nitrogen and oxygen atoms in total. The normalized spacial score (nSPS) is 10.6. The molecule has 2 rings (SSSR count). The quantitative estimate of drug-likeness (QED) is 0.658. The molecule has 100 valence electrons. The molecule has 0 aromatic heterocycles. The van der Waals surface area contributed by atoms with Crippen molar-refractivity contribution in [2.75, 3.05) is 5.32 Å². The molecular weight excluding hydrogens is 265 g/mol. The summed E-state index contributed by atoms with van der Waals surface area (Å²) in [6.45, 7) is -0.316. The second kappa shape index (κ2) is 5.26. The van der Waals surface area contributed by atoms with Crippen molar-refractivity contribution in [3.8, 4) is 0 Å². The van der Waals surface area contributed by atoms with Crippen LogP contribution in [-0.2, 0) is 6.54 Å². The Labute approximate surface area is 105 Å². The highest BCUT2D eigenvalue weighted by Gasteiger charge is 2.12. The van der Waals surface area contributed by atoms with Crippen molar-refractivity contribution in [2.24, 2.45) is 0 Å². The minimum absolute atomic E-state index is 0.112. The first-order chi connectivity index (χ1) is 8.99. The van der Waals surface area contributed by atoms with E-state index in [0.717, 1.165) is 12.1 Å². The van der Waals surface area contributed by atoms with Gasteiger partial charge in [-0.1, -0.05) is 6.07 Å². The van der Waals surface area contributed by atoms with Gasteiger partial charge in [0.25, 0.3) is 0 Å². The Kier molecular flexibility index (Phi) is 3.69. The summed E-state index contributed by atoms with van der Waals surface area (Å²) in [6.07, 6.45) is 0. The van der Waals surface area contributed by atoms with Crippen molar-refractivity contribution >= 4 is 5.69 Å². The van der Waals surface area contributed by atoms with Gasteiger partial charge < -0.3 is 5.32 Å². The second-order valence-electron chi connectivity index (χ2n) is 3.81. The molecule has 0 aliphatic heterocycles. The summed E-state index contributed by atoms with van der Waals surface area (Å²) >= 11 is 0. The van der Waals surface area contributed by atoms with Crippen LogP contribution in [0, 0.1) is 29.1 Å². The van der Waals surface area contributed by atoms with Gasteiger partial charge in [-0.05, 0) is 12.1 Å². The number of rotatable bonds is 3. The van der Waals surface area contributed by atoms with Crippen molar-refractivity contribution in [1.82, 2.24) is 0 Å². The van der Waals surface area contributed by atoms with Crippen LogP contribution < -0.4 is 5.32 Å². The molecule has 0 atom stereocenters. The van der Waals surface area contributed by atoms with Gasteiger partial charge in [0.1, 0.15) is 11.6 Å². The molecule has 0 aliphatic carbocycles. The fourth-order valence-corrected chi connectivity index (χ4v) is 1.55. The minimum atomic E-state index is -1.59. The standard InChI is InChI=1S/C13H8F5N/c14-9-2-1-3-10(15)8(9)6-19-7-4-11(16)13(18)12(17)5-7/h1-5,19H,6H2. The van der Waals surface area contributed by atoms with Crippen molar-refractivity contribution in [1.29, 1.82) is 0 Å². The summed E-state index contributed by atoms with van der Waals surface area (Å²) in [4.78, 5) is 0. The van der Waals surface area contributed by atoms with Gasteiger partial charge in [-0.2, -0.15) is 0 Å². The fourth-order valence-electron chi connectivity index (χ4n) is 1.55. The van der Waals surface area contributed by atoms with Crippen LogP contribution in [-0.4, -0.2) is 0 Å². The highest BCUT2D eigenvalue weighted by molar-refractivity contribution is 5.44. The second-order valence-corrected chi connectivity index (χ2v) is 3.81. The molecule has 0 unspecified atom stereocenters. The fraction of sp³-hybridized carbons (Fsp3) is 0.0769. The van der Waals surface area contributed by atoms with Crippen molar-refractivity contribution in [3.05, 3.63) is 65.0 Å². The Hall–Kier alpha value is -2.11. The molecule has 0 saturated heterocycles. The SMILES string of the molecule is Fc1cc(NCc2c(F)cccc2F)cc(F)c1F. The Morgan fingerprint density at radius 3 is 1.84 bits per heavy atom. The average Bonchev–Trinajstić information content (AvgIpc) is 2.35. The number of hydrogen-bond donors (Lipinski definition) is 1. The lowest BCUT2D eigenvalue weighted by Gasteiger charge is -2.09. The predicted molar refractivity (Wildman–Crippen MR) is 60.0 cm³/mol. The highest BCUT2D eigenvalue weighted by Crippen LogP contribution is 2.19.